The smallest absolute Gasteiger partial charge is 0.134 e. The molecule has 0 radical (unpaired) electrons. The van der Waals surface area contributed by atoms with Crippen molar-refractivity contribution in [2.75, 3.05) is 23.7 Å². The summed E-state index contributed by atoms with van der Waals surface area (Å²) < 4.78 is 0. The first-order valence-corrected chi connectivity index (χ1v) is 5.82. The first-order valence-electron chi connectivity index (χ1n) is 5.82. The van der Waals surface area contributed by atoms with Crippen LogP contribution in [0.5, 0.6) is 0 Å². The van der Waals surface area contributed by atoms with Crippen molar-refractivity contribution in [3.63, 3.8) is 0 Å². The molecule has 1 aromatic rings. The zero-order chi connectivity index (χ0) is 11.8. The molecule has 4 heteroatoms. The zero-order valence-corrected chi connectivity index (χ0v) is 10.3. The molecule has 4 nitrogen and oxygen atoms in total. The molecular formula is C12H20N4. The van der Waals surface area contributed by atoms with E-state index in [9.17, 15) is 0 Å². The summed E-state index contributed by atoms with van der Waals surface area (Å²) in [6, 6.07) is 1.87. The molecule has 0 saturated carbocycles. The summed E-state index contributed by atoms with van der Waals surface area (Å²) >= 11 is 0. The van der Waals surface area contributed by atoms with Crippen LogP contribution in [0, 0.1) is 12.3 Å². The number of aryl methyl sites for hydroxylation is 1. The molecule has 0 bridgehead atoms. The highest BCUT2D eigenvalue weighted by molar-refractivity contribution is 5.47. The van der Waals surface area contributed by atoms with Crippen LogP contribution in [0.3, 0.4) is 0 Å². The molecular weight excluding hydrogens is 200 g/mol. The Hall–Kier alpha value is -1.32. The number of anilines is 2. The SMILES string of the molecule is Cc1nc(N)cc(N2CCCC(C)(C)C2)n1. The minimum Gasteiger partial charge on any atom is -0.384 e. The molecule has 0 unspecified atom stereocenters. The summed E-state index contributed by atoms with van der Waals surface area (Å²) in [6.07, 6.45) is 2.50. The third-order valence-electron chi connectivity index (χ3n) is 3.07. The number of aromatic nitrogens is 2. The molecule has 1 aliphatic rings. The fourth-order valence-corrected chi connectivity index (χ4v) is 2.36. The van der Waals surface area contributed by atoms with Gasteiger partial charge in [-0.05, 0) is 25.2 Å². The molecule has 1 aromatic heterocycles. The second-order valence-electron chi connectivity index (χ2n) is 5.39. The molecule has 88 valence electrons. The van der Waals surface area contributed by atoms with Crippen LogP contribution in [0.1, 0.15) is 32.5 Å². The van der Waals surface area contributed by atoms with Crippen molar-refractivity contribution >= 4 is 11.6 Å². The van der Waals surface area contributed by atoms with Gasteiger partial charge in [-0.2, -0.15) is 0 Å². The molecule has 2 rings (SSSR count). The number of hydrogen-bond donors (Lipinski definition) is 1. The number of nitrogens with zero attached hydrogens (tertiary/aromatic N) is 3. The zero-order valence-electron chi connectivity index (χ0n) is 10.3. The van der Waals surface area contributed by atoms with Gasteiger partial charge in [0.1, 0.15) is 17.5 Å². The number of piperidine rings is 1. The Morgan fingerprint density at radius 2 is 2.12 bits per heavy atom. The Balaban J connectivity index is 2.23. The third-order valence-corrected chi connectivity index (χ3v) is 3.07. The number of nitrogen functional groups attached to an aromatic ring is 1. The monoisotopic (exact) mass is 220 g/mol. The quantitative estimate of drug-likeness (QED) is 0.786. The van der Waals surface area contributed by atoms with Gasteiger partial charge in [-0.1, -0.05) is 13.8 Å². The number of hydrogen-bond acceptors (Lipinski definition) is 4. The Bertz CT molecular complexity index is 366. The molecule has 16 heavy (non-hydrogen) atoms. The van der Waals surface area contributed by atoms with Crippen molar-refractivity contribution in [2.24, 2.45) is 5.41 Å². The Kier molecular flexibility index (Phi) is 2.74. The first-order chi connectivity index (χ1) is 7.46. The third kappa shape index (κ3) is 2.43. The van der Waals surface area contributed by atoms with E-state index in [2.05, 4.69) is 28.7 Å². The molecule has 1 aliphatic heterocycles. The van der Waals surface area contributed by atoms with Crippen LogP contribution in [-0.4, -0.2) is 23.1 Å². The van der Waals surface area contributed by atoms with Gasteiger partial charge < -0.3 is 10.6 Å². The van der Waals surface area contributed by atoms with Gasteiger partial charge in [-0.15, -0.1) is 0 Å². The fourth-order valence-electron chi connectivity index (χ4n) is 2.36. The van der Waals surface area contributed by atoms with Gasteiger partial charge in [0, 0.05) is 19.2 Å². The molecule has 1 saturated heterocycles. The standard InChI is InChI=1S/C12H20N4/c1-9-14-10(13)7-11(15-9)16-6-4-5-12(2,3)8-16/h7H,4-6,8H2,1-3H3,(H2,13,14,15). The number of nitrogens with two attached hydrogens (primary N) is 1. The van der Waals surface area contributed by atoms with Gasteiger partial charge in [0.05, 0.1) is 0 Å². The van der Waals surface area contributed by atoms with Gasteiger partial charge in [0.25, 0.3) is 0 Å². The fraction of sp³-hybridized carbons (Fsp3) is 0.667. The van der Waals surface area contributed by atoms with E-state index in [0.29, 0.717) is 11.2 Å². The van der Waals surface area contributed by atoms with Crippen molar-refractivity contribution in [3.8, 4) is 0 Å². The van der Waals surface area contributed by atoms with Crippen LogP contribution < -0.4 is 10.6 Å². The highest BCUT2D eigenvalue weighted by Gasteiger charge is 2.27. The molecule has 0 aliphatic carbocycles. The minimum atomic E-state index is 0.367. The van der Waals surface area contributed by atoms with E-state index in [1.807, 2.05) is 13.0 Å². The second kappa shape index (κ2) is 3.92. The van der Waals surface area contributed by atoms with E-state index >= 15 is 0 Å². The lowest BCUT2D eigenvalue weighted by molar-refractivity contribution is 0.292. The molecule has 2 heterocycles. The highest BCUT2D eigenvalue weighted by Crippen LogP contribution is 2.31. The summed E-state index contributed by atoms with van der Waals surface area (Å²) in [4.78, 5) is 10.9. The molecule has 1 fully saturated rings. The molecule has 0 amide bonds. The summed E-state index contributed by atoms with van der Waals surface area (Å²) in [5, 5.41) is 0. The molecule has 0 spiro atoms. The van der Waals surface area contributed by atoms with Gasteiger partial charge in [-0.25, -0.2) is 9.97 Å². The van der Waals surface area contributed by atoms with Crippen molar-refractivity contribution in [1.29, 1.82) is 0 Å². The van der Waals surface area contributed by atoms with Crippen molar-refractivity contribution in [1.82, 2.24) is 9.97 Å². The van der Waals surface area contributed by atoms with Crippen LogP contribution >= 0.6 is 0 Å². The predicted molar refractivity (Wildman–Crippen MR) is 66.4 cm³/mol. The lowest BCUT2D eigenvalue weighted by Gasteiger charge is -2.38. The van der Waals surface area contributed by atoms with E-state index in [1.54, 1.807) is 0 Å². The largest absolute Gasteiger partial charge is 0.384 e. The number of rotatable bonds is 1. The normalized spacial score (nSPS) is 19.8. The minimum absolute atomic E-state index is 0.367. The van der Waals surface area contributed by atoms with Crippen molar-refractivity contribution < 1.29 is 0 Å². The summed E-state index contributed by atoms with van der Waals surface area (Å²) in [5.41, 5.74) is 6.12. The van der Waals surface area contributed by atoms with E-state index < -0.39 is 0 Å². The van der Waals surface area contributed by atoms with Crippen LogP contribution in [-0.2, 0) is 0 Å². The van der Waals surface area contributed by atoms with Gasteiger partial charge in [0.15, 0.2) is 0 Å². The first kappa shape index (κ1) is 11.2. The maximum atomic E-state index is 5.76. The van der Waals surface area contributed by atoms with E-state index in [1.165, 1.54) is 12.8 Å². The summed E-state index contributed by atoms with van der Waals surface area (Å²) in [6.45, 7) is 8.60. The maximum Gasteiger partial charge on any atom is 0.134 e. The van der Waals surface area contributed by atoms with Crippen LogP contribution in [0.15, 0.2) is 6.07 Å². The van der Waals surface area contributed by atoms with Crippen LogP contribution in [0.4, 0.5) is 11.6 Å². The van der Waals surface area contributed by atoms with Gasteiger partial charge in [-0.3, -0.25) is 0 Å². The van der Waals surface area contributed by atoms with E-state index in [4.69, 9.17) is 5.73 Å². The van der Waals surface area contributed by atoms with Crippen LogP contribution in [0.25, 0.3) is 0 Å². The topological polar surface area (TPSA) is 55.0 Å². The molecule has 0 aromatic carbocycles. The lowest BCUT2D eigenvalue weighted by Crippen LogP contribution is -2.40. The average Bonchev–Trinajstić information content (AvgIpc) is 2.14. The summed E-state index contributed by atoms with van der Waals surface area (Å²) in [7, 11) is 0. The average molecular weight is 220 g/mol. The lowest BCUT2D eigenvalue weighted by atomic mass is 9.84. The predicted octanol–water partition coefficient (Wildman–Crippen LogP) is 1.99. The Labute approximate surface area is 96.9 Å². The Morgan fingerprint density at radius 1 is 1.38 bits per heavy atom. The maximum absolute atomic E-state index is 5.76. The Morgan fingerprint density at radius 3 is 2.75 bits per heavy atom. The van der Waals surface area contributed by atoms with Crippen molar-refractivity contribution in [3.05, 3.63) is 11.9 Å². The van der Waals surface area contributed by atoms with Crippen LogP contribution in [0.2, 0.25) is 0 Å². The molecule has 2 N–H and O–H groups in total. The second-order valence-corrected chi connectivity index (χ2v) is 5.39. The van der Waals surface area contributed by atoms with E-state index in [-0.39, 0.29) is 0 Å². The van der Waals surface area contributed by atoms with Crippen molar-refractivity contribution in [2.45, 2.75) is 33.6 Å². The van der Waals surface area contributed by atoms with E-state index in [0.717, 1.165) is 24.7 Å². The van der Waals surface area contributed by atoms with Gasteiger partial charge in [0.2, 0.25) is 0 Å². The highest BCUT2D eigenvalue weighted by atomic mass is 15.2. The molecule has 0 atom stereocenters. The van der Waals surface area contributed by atoms with Gasteiger partial charge >= 0.3 is 0 Å². The summed E-state index contributed by atoms with van der Waals surface area (Å²) in [5.74, 6) is 2.28.